The molecule has 1 aliphatic heterocycles. The molecular weight excluding hydrogens is 519 g/mol. The van der Waals surface area contributed by atoms with Gasteiger partial charge >= 0.3 is 0 Å². The van der Waals surface area contributed by atoms with Crippen LogP contribution in [0.15, 0.2) is 90.7 Å². The van der Waals surface area contributed by atoms with Crippen LogP contribution in [0.4, 0.5) is 5.69 Å². The number of rotatable bonds is 4. The smallest absolute Gasteiger partial charge is 0.182 e. The van der Waals surface area contributed by atoms with E-state index in [1.807, 2.05) is 35.4 Å². The van der Waals surface area contributed by atoms with Crippen LogP contribution in [-0.2, 0) is 5.41 Å². The predicted molar refractivity (Wildman–Crippen MR) is 167 cm³/mol. The molecule has 6 heteroatoms. The number of pyridine rings is 1. The van der Waals surface area contributed by atoms with Gasteiger partial charge in [-0.15, -0.1) is 11.3 Å². The molecule has 194 valence electrons. The summed E-state index contributed by atoms with van der Waals surface area (Å²) in [6.07, 6.45) is 5.30. The van der Waals surface area contributed by atoms with Gasteiger partial charge in [-0.2, -0.15) is 0 Å². The van der Waals surface area contributed by atoms with Crippen LogP contribution in [-0.4, -0.2) is 23.5 Å². The Kier molecular flexibility index (Phi) is 4.91. The van der Waals surface area contributed by atoms with Gasteiger partial charge in [0.25, 0.3) is 0 Å². The van der Waals surface area contributed by atoms with Gasteiger partial charge in [0, 0.05) is 78.6 Å². The zero-order valence-corrected chi connectivity index (χ0v) is 23.6. The predicted octanol–water partition coefficient (Wildman–Crippen LogP) is 9.60. The highest BCUT2D eigenvalue weighted by molar-refractivity contribution is 7.22. The van der Waals surface area contributed by atoms with Gasteiger partial charge < -0.3 is 14.5 Å². The molecule has 0 unspecified atom stereocenters. The van der Waals surface area contributed by atoms with Gasteiger partial charge in [0.2, 0.25) is 0 Å². The largest absolute Gasteiger partial charge is 0.447 e. The minimum absolute atomic E-state index is 0.00721. The van der Waals surface area contributed by atoms with Crippen molar-refractivity contribution in [1.82, 2.24) is 9.88 Å². The first-order valence-corrected chi connectivity index (χ1v) is 14.6. The van der Waals surface area contributed by atoms with Crippen LogP contribution in [0.1, 0.15) is 30.4 Å². The molecule has 0 atom stereocenters. The number of hydrogen-bond donors (Lipinski definition) is 0. The molecule has 0 N–H and O–H groups in total. The Morgan fingerprint density at radius 2 is 1.85 bits per heavy atom. The summed E-state index contributed by atoms with van der Waals surface area (Å²) in [5, 5.41) is 7.72. The number of ether oxygens (including phenoxy) is 1. The molecule has 0 spiro atoms. The third kappa shape index (κ3) is 4.34. The second kappa shape index (κ2) is 9.11. The van der Waals surface area contributed by atoms with E-state index in [-0.39, 0.29) is 12.1 Å². The summed E-state index contributed by atoms with van der Waals surface area (Å²) in [7, 11) is 0. The van der Waals surface area contributed by atoms with Crippen molar-refractivity contribution in [3.63, 3.8) is 0 Å². The average Bonchev–Trinajstić information content (AvgIpc) is 3.71. The standard InChI is InChI=1S/C33H29N3OS2/c1-33(2,3)21-10-12-34-29(16-21)27-18-26-24-11-15-38-30(24)9-8-25(26)32-28(27)19-31(39-32)37-23-7-5-6-22(17-23)36-14-13-35(4)20-36/h5-19H,20H2,1-4H3/i4D3. The van der Waals surface area contributed by atoms with Crippen LogP contribution >= 0.6 is 22.7 Å². The molecule has 0 fully saturated rings. The quantitative estimate of drug-likeness (QED) is 0.218. The Bertz CT molecular complexity index is 2000. The molecule has 1 aliphatic rings. The number of anilines is 1. The van der Waals surface area contributed by atoms with Crippen molar-refractivity contribution in [2.75, 3.05) is 18.5 Å². The minimum Gasteiger partial charge on any atom is -0.447 e. The van der Waals surface area contributed by atoms with Crippen LogP contribution in [0.2, 0.25) is 0 Å². The zero-order chi connectivity index (χ0) is 29.2. The summed E-state index contributed by atoms with van der Waals surface area (Å²) >= 11 is 3.39. The summed E-state index contributed by atoms with van der Waals surface area (Å²) < 4.78 is 32.0. The molecule has 7 rings (SSSR count). The number of hydrogen-bond acceptors (Lipinski definition) is 6. The van der Waals surface area contributed by atoms with Gasteiger partial charge in [-0.3, -0.25) is 4.98 Å². The Hall–Kier alpha value is -3.87. The lowest BCUT2D eigenvalue weighted by Crippen LogP contribution is -2.21. The first-order valence-electron chi connectivity index (χ1n) is 14.4. The van der Waals surface area contributed by atoms with Crippen molar-refractivity contribution in [3.8, 4) is 22.1 Å². The molecule has 0 saturated heterocycles. The van der Waals surface area contributed by atoms with Gasteiger partial charge in [0.05, 0.1) is 12.4 Å². The second-order valence-electron chi connectivity index (χ2n) is 10.9. The molecule has 4 nitrogen and oxygen atoms in total. The Labute approximate surface area is 240 Å². The summed E-state index contributed by atoms with van der Waals surface area (Å²) in [6.45, 7) is 4.75. The summed E-state index contributed by atoms with van der Waals surface area (Å²) in [4.78, 5) is 8.07. The number of nitrogens with zero attached hydrogens (tertiary/aromatic N) is 3. The summed E-state index contributed by atoms with van der Waals surface area (Å²) in [5.41, 5.74) is 4.16. The molecule has 0 amide bonds. The number of aromatic nitrogens is 1. The molecule has 39 heavy (non-hydrogen) atoms. The fraction of sp³-hybridized carbons (Fsp3) is 0.182. The van der Waals surface area contributed by atoms with Crippen molar-refractivity contribution < 1.29 is 8.85 Å². The van der Waals surface area contributed by atoms with E-state index < -0.39 is 6.98 Å². The van der Waals surface area contributed by atoms with E-state index in [0.29, 0.717) is 5.75 Å². The third-order valence-corrected chi connectivity index (χ3v) is 9.14. The van der Waals surface area contributed by atoms with E-state index in [2.05, 4.69) is 68.6 Å². The van der Waals surface area contributed by atoms with Gasteiger partial charge in [-0.1, -0.05) is 44.2 Å². The molecule has 0 saturated carbocycles. The molecular formula is C33H29N3OS2. The molecule has 6 aromatic rings. The highest BCUT2D eigenvalue weighted by Crippen LogP contribution is 2.46. The van der Waals surface area contributed by atoms with E-state index in [4.69, 9.17) is 13.8 Å². The molecule has 0 aliphatic carbocycles. The summed E-state index contributed by atoms with van der Waals surface area (Å²) in [6, 6.07) is 23.1. The zero-order valence-electron chi connectivity index (χ0n) is 24.9. The topological polar surface area (TPSA) is 28.6 Å². The molecule has 0 radical (unpaired) electrons. The van der Waals surface area contributed by atoms with Crippen molar-refractivity contribution in [2.24, 2.45) is 0 Å². The lowest BCUT2D eigenvalue weighted by molar-refractivity contribution is 0.490. The van der Waals surface area contributed by atoms with Gasteiger partial charge in [0.1, 0.15) is 5.75 Å². The van der Waals surface area contributed by atoms with Crippen molar-refractivity contribution in [3.05, 3.63) is 96.3 Å². The highest BCUT2D eigenvalue weighted by atomic mass is 32.1. The van der Waals surface area contributed by atoms with Crippen molar-refractivity contribution >= 4 is 59.3 Å². The van der Waals surface area contributed by atoms with Crippen LogP contribution in [0.3, 0.4) is 0 Å². The second-order valence-corrected chi connectivity index (χ2v) is 12.8. The van der Waals surface area contributed by atoms with Crippen LogP contribution in [0.25, 0.3) is 42.2 Å². The average molecular weight is 551 g/mol. The maximum Gasteiger partial charge on any atom is 0.182 e. The van der Waals surface area contributed by atoms with Gasteiger partial charge in [-0.25, -0.2) is 0 Å². The number of benzene rings is 3. The van der Waals surface area contributed by atoms with Crippen molar-refractivity contribution in [1.29, 1.82) is 0 Å². The van der Waals surface area contributed by atoms with Gasteiger partial charge in [-0.05, 0) is 64.2 Å². The SMILES string of the molecule is [2H]C([2H])([2H])N1C=CN(c2cccc(Oc3cc4c(-c5cc(C(C)(C)C)ccn5)cc5c6ccsc6ccc5c4s3)c2)C1. The van der Waals surface area contributed by atoms with E-state index in [1.165, 1.54) is 36.0 Å². The molecule has 4 heterocycles. The van der Waals surface area contributed by atoms with Crippen LogP contribution < -0.4 is 9.64 Å². The number of thiophene rings is 2. The maximum absolute atomic E-state index is 7.69. The Morgan fingerprint density at radius 1 is 0.923 bits per heavy atom. The normalized spacial score (nSPS) is 15.3. The molecule has 3 aromatic carbocycles. The van der Waals surface area contributed by atoms with E-state index >= 15 is 0 Å². The maximum atomic E-state index is 7.69. The first-order chi connectivity index (χ1) is 20.0. The van der Waals surface area contributed by atoms with Crippen LogP contribution in [0.5, 0.6) is 10.8 Å². The first kappa shape index (κ1) is 21.0. The Morgan fingerprint density at radius 3 is 2.69 bits per heavy atom. The van der Waals surface area contributed by atoms with Gasteiger partial charge in [0.15, 0.2) is 5.06 Å². The minimum atomic E-state index is -2.17. The van der Waals surface area contributed by atoms with Crippen LogP contribution in [0, 0.1) is 0 Å². The molecule has 3 aromatic heterocycles. The van der Waals surface area contributed by atoms with E-state index in [0.717, 1.165) is 27.4 Å². The third-order valence-electron chi connectivity index (χ3n) is 7.21. The van der Waals surface area contributed by atoms with Crippen molar-refractivity contribution in [2.45, 2.75) is 26.2 Å². The number of fused-ring (bicyclic) bond motifs is 5. The fourth-order valence-electron chi connectivity index (χ4n) is 5.15. The molecule has 0 bridgehead atoms. The lowest BCUT2D eigenvalue weighted by atomic mass is 9.86. The fourth-order valence-corrected chi connectivity index (χ4v) is 7.03. The van der Waals surface area contributed by atoms with E-state index in [9.17, 15) is 0 Å². The highest BCUT2D eigenvalue weighted by Gasteiger charge is 2.19. The lowest BCUT2D eigenvalue weighted by Gasteiger charge is -2.19. The van der Waals surface area contributed by atoms with E-state index in [1.54, 1.807) is 35.1 Å². The monoisotopic (exact) mass is 550 g/mol. The summed E-state index contributed by atoms with van der Waals surface area (Å²) in [5.74, 6) is 0.693. The Balaban J connectivity index is 1.32.